The van der Waals surface area contributed by atoms with Gasteiger partial charge in [-0.3, -0.25) is 4.84 Å². The van der Waals surface area contributed by atoms with Crippen molar-refractivity contribution in [3.63, 3.8) is 0 Å². The van der Waals surface area contributed by atoms with Gasteiger partial charge in [0.25, 0.3) is 0 Å². The number of methoxy groups -OCH3 is 1. The average molecular weight is 189 g/mol. The van der Waals surface area contributed by atoms with Gasteiger partial charge < -0.3 is 4.74 Å². The zero-order valence-electron chi connectivity index (χ0n) is 6.58. The number of rotatable bonds is 3. The molecule has 1 heterocycles. The van der Waals surface area contributed by atoms with Crippen molar-refractivity contribution in [2.75, 3.05) is 7.11 Å². The van der Waals surface area contributed by atoms with Crippen LogP contribution in [-0.4, -0.2) is 12.1 Å². The number of hydrogen-bond acceptors (Lipinski definition) is 4. The van der Waals surface area contributed by atoms with Gasteiger partial charge in [0, 0.05) is 6.07 Å². The molecule has 0 saturated heterocycles. The molecule has 1 aromatic rings. The van der Waals surface area contributed by atoms with Gasteiger partial charge in [-0.25, -0.2) is 10.9 Å². The smallest absolute Gasteiger partial charge is 0.214 e. The van der Waals surface area contributed by atoms with Crippen LogP contribution < -0.4 is 10.6 Å². The Morgan fingerprint density at radius 3 is 2.92 bits per heavy atom. The first kappa shape index (κ1) is 9.25. The van der Waals surface area contributed by atoms with E-state index < -0.39 is 0 Å². The number of nitrogens with two attached hydrogens (primary N) is 1. The summed E-state index contributed by atoms with van der Waals surface area (Å²) in [6.45, 7) is 0.290. The Bertz CT molecular complexity index is 268. The third kappa shape index (κ3) is 2.34. The molecule has 4 nitrogen and oxygen atoms in total. The van der Waals surface area contributed by atoms with Crippen molar-refractivity contribution in [2.24, 2.45) is 5.90 Å². The summed E-state index contributed by atoms with van der Waals surface area (Å²) >= 11 is 5.68. The molecule has 0 radical (unpaired) electrons. The molecule has 12 heavy (non-hydrogen) atoms. The van der Waals surface area contributed by atoms with Crippen molar-refractivity contribution >= 4 is 11.6 Å². The summed E-state index contributed by atoms with van der Waals surface area (Å²) in [5.74, 6) is 5.35. The first-order chi connectivity index (χ1) is 5.76. The summed E-state index contributed by atoms with van der Waals surface area (Å²) in [5.41, 5.74) is 0.828. The Morgan fingerprint density at radius 2 is 2.33 bits per heavy atom. The highest BCUT2D eigenvalue weighted by Gasteiger charge is 2.00. The summed E-state index contributed by atoms with van der Waals surface area (Å²) < 4.78 is 4.89. The van der Waals surface area contributed by atoms with Crippen LogP contribution in [0.2, 0.25) is 5.15 Å². The predicted octanol–water partition coefficient (Wildman–Crippen LogP) is 1.13. The molecule has 0 aliphatic rings. The minimum atomic E-state index is 0.290. The van der Waals surface area contributed by atoms with Crippen molar-refractivity contribution < 1.29 is 9.57 Å². The minimum Gasteiger partial charge on any atom is -0.481 e. The Kier molecular flexibility index (Phi) is 3.28. The lowest BCUT2D eigenvalue weighted by Gasteiger charge is -2.02. The average Bonchev–Trinajstić information content (AvgIpc) is 2.04. The molecule has 0 bridgehead atoms. The van der Waals surface area contributed by atoms with Crippen molar-refractivity contribution in [1.82, 2.24) is 4.98 Å². The van der Waals surface area contributed by atoms with Gasteiger partial charge >= 0.3 is 0 Å². The van der Waals surface area contributed by atoms with Crippen LogP contribution >= 0.6 is 11.6 Å². The fourth-order valence-corrected chi connectivity index (χ4v) is 1.03. The van der Waals surface area contributed by atoms with Crippen LogP contribution in [0.4, 0.5) is 0 Å². The van der Waals surface area contributed by atoms with Crippen LogP contribution in [0.1, 0.15) is 5.56 Å². The second-order valence-electron chi connectivity index (χ2n) is 2.15. The molecule has 0 aromatic carbocycles. The van der Waals surface area contributed by atoms with E-state index in [1.54, 1.807) is 12.1 Å². The van der Waals surface area contributed by atoms with Crippen LogP contribution in [0, 0.1) is 0 Å². The van der Waals surface area contributed by atoms with E-state index in [1.165, 1.54) is 7.11 Å². The lowest BCUT2D eigenvalue weighted by molar-refractivity contribution is 0.124. The van der Waals surface area contributed by atoms with Gasteiger partial charge in [-0.15, -0.1) is 0 Å². The van der Waals surface area contributed by atoms with Crippen LogP contribution in [0.25, 0.3) is 0 Å². The van der Waals surface area contributed by atoms with E-state index in [2.05, 4.69) is 9.82 Å². The molecular weight excluding hydrogens is 180 g/mol. The summed E-state index contributed by atoms with van der Waals surface area (Å²) in [5, 5.41) is 0.362. The summed E-state index contributed by atoms with van der Waals surface area (Å²) in [7, 11) is 1.52. The second-order valence-corrected chi connectivity index (χ2v) is 2.54. The van der Waals surface area contributed by atoms with Gasteiger partial charge in [0.15, 0.2) is 0 Å². The Morgan fingerprint density at radius 1 is 1.58 bits per heavy atom. The molecule has 0 atom stereocenters. The number of hydrogen-bond donors (Lipinski definition) is 1. The zero-order chi connectivity index (χ0) is 8.97. The number of halogens is 1. The van der Waals surface area contributed by atoms with Crippen molar-refractivity contribution in [3.8, 4) is 5.88 Å². The van der Waals surface area contributed by atoms with Crippen molar-refractivity contribution in [1.29, 1.82) is 0 Å². The van der Waals surface area contributed by atoms with E-state index in [1.807, 2.05) is 0 Å². The van der Waals surface area contributed by atoms with Gasteiger partial charge in [0.2, 0.25) is 5.88 Å². The fraction of sp³-hybridized carbons (Fsp3) is 0.286. The largest absolute Gasteiger partial charge is 0.481 e. The van der Waals surface area contributed by atoms with Crippen LogP contribution in [0.3, 0.4) is 0 Å². The third-order valence-electron chi connectivity index (χ3n) is 1.29. The summed E-state index contributed by atoms with van der Waals surface area (Å²) in [6.07, 6.45) is 0. The molecule has 66 valence electrons. The Labute approximate surface area is 75.2 Å². The molecule has 0 amide bonds. The molecule has 0 spiro atoms. The summed E-state index contributed by atoms with van der Waals surface area (Å²) in [4.78, 5) is 8.32. The van der Waals surface area contributed by atoms with Gasteiger partial charge in [0.1, 0.15) is 5.15 Å². The predicted molar refractivity (Wildman–Crippen MR) is 44.8 cm³/mol. The maximum atomic E-state index is 5.68. The monoisotopic (exact) mass is 188 g/mol. The Hall–Kier alpha value is -0.840. The van der Waals surface area contributed by atoms with Gasteiger partial charge in [0.05, 0.1) is 13.7 Å². The topological polar surface area (TPSA) is 57.4 Å². The zero-order valence-corrected chi connectivity index (χ0v) is 7.34. The van der Waals surface area contributed by atoms with E-state index in [-0.39, 0.29) is 0 Å². The summed E-state index contributed by atoms with van der Waals surface area (Å²) in [6, 6.07) is 3.37. The molecule has 0 aliphatic heterocycles. The van der Waals surface area contributed by atoms with E-state index in [9.17, 15) is 0 Å². The normalized spacial score (nSPS) is 9.92. The fourth-order valence-electron chi connectivity index (χ4n) is 0.807. The maximum Gasteiger partial charge on any atom is 0.214 e. The van der Waals surface area contributed by atoms with Crippen molar-refractivity contribution in [2.45, 2.75) is 6.61 Å². The third-order valence-corrected chi connectivity index (χ3v) is 1.48. The van der Waals surface area contributed by atoms with E-state index in [4.69, 9.17) is 22.2 Å². The molecule has 1 aromatic heterocycles. The molecule has 0 unspecified atom stereocenters. The molecule has 1 rings (SSSR count). The SMILES string of the molecule is COc1cc(CON)cc(Cl)n1. The van der Waals surface area contributed by atoms with Gasteiger partial charge in [-0.1, -0.05) is 11.6 Å². The van der Waals surface area contributed by atoms with E-state index >= 15 is 0 Å². The lowest BCUT2D eigenvalue weighted by atomic mass is 10.3. The van der Waals surface area contributed by atoms with Crippen LogP contribution in [0.15, 0.2) is 12.1 Å². The molecule has 2 N–H and O–H groups in total. The minimum absolute atomic E-state index is 0.290. The molecule has 0 fully saturated rings. The maximum absolute atomic E-state index is 5.68. The highest BCUT2D eigenvalue weighted by Crippen LogP contribution is 2.15. The molecule has 0 aliphatic carbocycles. The lowest BCUT2D eigenvalue weighted by Crippen LogP contribution is -2.00. The highest BCUT2D eigenvalue weighted by atomic mass is 35.5. The molecule has 0 saturated carbocycles. The van der Waals surface area contributed by atoms with Crippen LogP contribution in [-0.2, 0) is 11.4 Å². The van der Waals surface area contributed by atoms with E-state index in [0.29, 0.717) is 17.6 Å². The number of aromatic nitrogens is 1. The van der Waals surface area contributed by atoms with E-state index in [0.717, 1.165) is 5.56 Å². The second kappa shape index (κ2) is 4.25. The highest BCUT2D eigenvalue weighted by molar-refractivity contribution is 6.29. The standard InChI is InChI=1S/C7H9ClN2O2/c1-11-7-3-5(4-12-9)2-6(8)10-7/h2-3H,4,9H2,1H3. The van der Waals surface area contributed by atoms with Crippen LogP contribution in [0.5, 0.6) is 5.88 Å². The van der Waals surface area contributed by atoms with Gasteiger partial charge in [-0.2, -0.15) is 0 Å². The first-order valence-corrected chi connectivity index (χ1v) is 3.66. The van der Waals surface area contributed by atoms with Gasteiger partial charge in [-0.05, 0) is 11.6 Å². The molecule has 5 heteroatoms. The number of nitrogens with zero attached hydrogens (tertiary/aromatic N) is 1. The van der Waals surface area contributed by atoms with Crippen molar-refractivity contribution in [3.05, 3.63) is 22.8 Å². The number of ether oxygens (including phenoxy) is 1. The molecular formula is C7H9ClN2O2. The quantitative estimate of drug-likeness (QED) is 0.571. The Balaban J connectivity index is 2.90. The first-order valence-electron chi connectivity index (χ1n) is 3.28. The number of pyridine rings is 1.